The van der Waals surface area contributed by atoms with Crippen LogP contribution in [0.3, 0.4) is 0 Å². The number of nitrogens with zero attached hydrogens (tertiary/aromatic N) is 2. The summed E-state index contributed by atoms with van der Waals surface area (Å²) in [6, 6.07) is 7.65. The minimum Gasteiger partial charge on any atom is -0.395 e. The number of carbonyl (C=O) groups is 1. The van der Waals surface area contributed by atoms with Gasteiger partial charge in [0.15, 0.2) is 0 Å². The van der Waals surface area contributed by atoms with Crippen molar-refractivity contribution in [2.75, 3.05) is 58.9 Å². The molecule has 0 radical (unpaired) electrons. The molecule has 2 spiro atoms. The molecule has 0 bridgehead atoms. The lowest BCUT2D eigenvalue weighted by molar-refractivity contribution is -0.0499. The molecule has 3 fully saturated rings. The number of rotatable bonds is 7. The van der Waals surface area contributed by atoms with Crippen LogP contribution in [0.15, 0.2) is 30.3 Å². The SMILES string of the molecule is CN1CC2(CCC(F)(F)CC2)c2cc(NC(=O)c3ccc(NS(=O)(=O)CCO)cc3N3CCC4(CC3)CC4)cc(F)c21. The molecular weight excluding hydrogens is 569 g/mol. The van der Waals surface area contributed by atoms with E-state index in [4.69, 9.17) is 5.11 Å². The number of hydrogen-bond acceptors (Lipinski definition) is 6. The van der Waals surface area contributed by atoms with Crippen molar-refractivity contribution in [3.8, 4) is 0 Å². The van der Waals surface area contributed by atoms with Crippen molar-refractivity contribution in [3.05, 3.63) is 47.3 Å². The average Bonchev–Trinajstić information content (AvgIpc) is 3.61. The first-order valence-electron chi connectivity index (χ1n) is 14.6. The Kier molecular flexibility index (Phi) is 7.15. The van der Waals surface area contributed by atoms with Crippen LogP contribution in [0.4, 0.5) is 35.9 Å². The summed E-state index contributed by atoms with van der Waals surface area (Å²) in [5, 5.41) is 11.9. The number of amides is 1. The van der Waals surface area contributed by atoms with Gasteiger partial charge in [-0.1, -0.05) is 0 Å². The number of aliphatic hydroxyl groups is 1. The molecule has 6 rings (SSSR count). The first-order valence-corrected chi connectivity index (χ1v) is 16.2. The van der Waals surface area contributed by atoms with Crippen LogP contribution in [-0.2, 0) is 15.4 Å². The Bertz CT molecular complexity index is 1490. The van der Waals surface area contributed by atoms with E-state index in [9.17, 15) is 22.0 Å². The van der Waals surface area contributed by atoms with Crippen LogP contribution in [0.1, 0.15) is 67.3 Å². The highest BCUT2D eigenvalue weighted by Gasteiger charge is 2.50. The number of alkyl halides is 2. The van der Waals surface area contributed by atoms with Gasteiger partial charge in [0.25, 0.3) is 5.91 Å². The zero-order valence-corrected chi connectivity index (χ0v) is 24.5. The summed E-state index contributed by atoms with van der Waals surface area (Å²) in [7, 11) is -2.01. The quantitative estimate of drug-likeness (QED) is 0.406. The van der Waals surface area contributed by atoms with E-state index >= 15 is 4.39 Å². The molecule has 3 N–H and O–H groups in total. The molecule has 1 saturated heterocycles. The molecule has 2 heterocycles. The standard InChI is InChI=1S/C30H37F3N4O4S/c1-36-19-29(6-8-30(32,33)9-7-29)23-16-21(17-24(31)26(23)36)34-27(39)22-3-2-20(35-42(40,41)15-14-38)18-25(22)37-12-10-28(4-5-28)11-13-37/h2-3,16-18,35,38H,4-15,19H2,1H3,(H,34,39). The number of hydrogen-bond donors (Lipinski definition) is 3. The number of benzene rings is 2. The van der Waals surface area contributed by atoms with Gasteiger partial charge in [-0.15, -0.1) is 0 Å². The predicted octanol–water partition coefficient (Wildman–Crippen LogP) is 5.09. The van der Waals surface area contributed by atoms with Gasteiger partial charge in [0.05, 0.1) is 35.0 Å². The van der Waals surface area contributed by atoms with Gasteiger partial charge in [0.1, 0.15) is 5.82 Å². The molecule has 2 aliphatic carbocycles. The lowest BCUT2D eigenvalue weighted by Gasteiger charge is -2.37. The molecule has 1 amide bonds. The summed E-state index contributed by atoms with van der Waals surface area (Å²) in [4.78, 5) is 17.6. The van der Waals surface area contributed by atoms with Crippen molar-refractivity contribution in [1.82, 2.24) is 0 Å². The van der Waals surface area contributed by atoms with Gasteiger partial charge in [0, 0.05) is 50.6 Å². The minimum atomic E-state index is -3.77. The summed E-state index contributed by atoms with van der Waals surface area (Å²) in [6.45, 7) is 1.37. The van der Waals surface area contributed by atoms with Crippen molar-refractivity contribution < 1.29 is 31.5 Å². The summed E-state index contributed by atoms with van der Waals surface area (Å²) >= 11 is 0. The normalized spacial score (nSPS) is 21.8. The van der Waals surface area contributed by atoms with Crippen molar-refractivity contribution >= 4 is 38.7 Å². The first-order chi connectivity index (χ1) is 19.8. The molecule has 8 nitrogen and oxygen atoms in total. The van der Waals surface area contributed by atoms with Crippen LogP contribution in [0.5, 0.6) is 0 Å². The highest BCUT2D eigenvalue weighted by Crippen LogP contribution is 2.55. The molecule has 4 aliphatic rings. The van der Waals surface area contributed by atoms with Gasteiger partial charge in [-0.2, -0.15) is 0 Å². The van der Waals surface area contributed by atoms with E-state index in [2.05, 4.69) is 14.9 Å². The number of sulfonamides is 1. The molecule has 0 unspecified atom stereocenters. The zero-order chi connectivity index (χ0) is 29.9. The average molecular weight is 607 g/mol. The monoisotopic (exact) mass is 606 g/mol. The summed E-state index contributed by atoms with van der Waals surface area (Å²) in [5.41, 5.74) is 2.24. The summed E-state index contributed by atoms with van der Waals surface area (Å²) in [5.74, 6) is -4.16. The molecule has 12 heteroatoms. The Hall–Kier alpha value is -2.99. The van der Waals surface area contributed by atoms with Crippen LogP contribution < -0.4 is 19.8 Å². The second kappa shape index (κ2) is 10.3. The Balaban J connectivity index is 1.30. The lowest BCUT2D eigenvalue weighted by atomic mass is 9.69. The van der Waals surface area contributed by atoms with E-state index in [0.29, 0.717) is 34.5 Å². The number of piperidine rings is 1. The van der Waals surface area contributed by atoms with E-state index in [0.717, 1.165) is 25.9 Å². The second-order valence-corrected chi connectivity index (χ2v) is 14.5. The van der Waals surface area contributed by atoms with Gasteiger partial charge in [-0.25, -0.2) is 21.6 Å². The number of fused-ring (bicyclic) bond motifs is 2. The van der Waals surface area contributed by atoms with E-state index in [1.54, 1.807) is 30.1 Å². The van der Waals surface area contributed by atoms with Gasteiger partial charge >= 0.3 is 0 Å². The number of anilines is 4. The summed E-state index contributed by atoms with van der Waals surface area (Å²) in [6.07, 6.45) is 4.34. The molecule has 2 aromatic rings. The first kappa shape index (κ1) is 29.1. The highest BCUT2D eigenvalue weighted by molar-refractivity contribution is 7.92. The third-order valence-electron chi connectivity index (χ3n) is 9.75. The maximum absolute atomic E-state index is 15.4. The fraction of sp³-hybridized carbons (Fsp3) is 0.567. The topological polar surface area (TPSA) is 102 Å². The van der Waals surface area contributed by atoms with E-state index in [1.165, 1.54) is 25.0 Å². The zero-order valence-electron chi connectivity index (χ0n) is 23.7. The second-order valence-electron chi connectivity index (χ2n) is 12.7. The molecule has 2 saturated carbocycles. The Morgan fingerprint density at radius 2 is 1.67 bits per heavy atom. The van der Waals surface area contributed by atoms with Crippen molar-refractivity contribution in [3.63, 3.8) is 0 Å². The predicted molar refractivity (Wildman–Crippen MR) is 157 cm³/mol. The summed E-state index contributed by atoms with van der Waals surface area (Å²) < 4.78 is 70.6. The molecule has 0 aromatic heterocycles. The Morgan fingerprint density at radius 1 is 0.976 bits per heavy atom. The maximum atomic E-state index is 15.4. The number of halogens is 3. The lowest BCUT2D eigenvalue weighted by Crippen LogP contribution is -2.39. The van der Waals surface area contributed by atoms with Crippen LogP contribution in [0.25, 0.3) is 0 Å². The van der Waals surface area contributed by atoms with Crippen LogP contribution >= 0.6 is 0 Å². The van der Waals surface area contributed by atoms with Gasteiger partial charge < -0.3 is 20.2 Å². The van der Waals surface area contributed by atoms with Crippen LogP contribution in [-0.4, -0.2) is 64.4 Å². The molecular formula is C30H37F3N4O4S. The number of likely N-dealkylation sites (N-methyl/N-ethyl adjacent to an activating group) is 1. The van der Waals surface area contributed by atoms with Crippen LogP contribution in [0.2, 0.25) is 0 Å². The van der Waals surface area contributed by atoms with E-state index < -0.39 is 45.4 Å². The molecule has 2 aromatic carbocycles. The largest absolute Gasteiger partial charge is 0.395 e. The van der Waals surface area contributed by atoms with Crippen molar-refractivity contribution in [2.45, 2.75) is 62.7 Å². The van der Waals surface area contributed by atoms with Gasteiger partial charge in [-0.05, 0) is 79.8 Å². The fourth-order valence-corrected chi connectivity index (χ4v) is 7.93. The molecule has 228 valence electrons. The number of nitrogens with one attached hydrogen (secondary N) is 2. The van der Waals surface area contributed by atoms with E-state index in [1.807, 2.05) is 0 Å². The van der Waals surface area contributed by atoms with Crippen molar-refractivity contribution in [1.29, 1.82) is 0 Å². The minimum absolute atomic E-state index is 0.239. The van der Waals surface area contributed by atoms with Gasteiger partial charge in [0.2, 0.25) is 15.9 Å². The van der Waals surface area contributed by atoms with Gasteiger partial charge in [-0.3, -0.25) is 9.52 Å². The fourth-order valence-electron chi connectivity index (χ4n) is 7.10. The molecule has 42 heavy (non-hydrogen) atoms. The number of carbonyl (C=O) groups excluding carboxylic acids is 1. The Morgan fingerprint density at radius 3 is 2.31 bits per heavy atom. The Labute approximate surface area is 244 Å². The number of aliphatic hydroxyl groups excluding tert-OH is 1. The third-order valence-corrected chi connectivity index (χ3v) is 11.0. The highest BCUT2D eigenvalue weighted by atomic mass is 32.2. The smallest absolute Gasteiger partial charge is 0.257 e. The molecule has 0 atom stereocenters. The third kappa shape index (κ3) is 5.55. The van der Waals surface area contributed by atoms with Crippen molar-refractivity contribution in [2.24, 2.45) is 5.41 Å². The molecule has 2 aliphatic heterocycles. The van der Waals surface area contributed by atoms with E-state index in [-0.39, 0.29) is 37.1 Å². The maximum Gasteiger partial charge on any atom is 0.257 e. The van der Waals surface area contributed by atoms with Crippen LogP contribution in [0, 0.1) is 11.2 Å².